The Hall–Kier alpha value is -0.940. The van der Waals surface area contributed by atoms with Crippen molar-refractivity contribution in [1.29, 1.82) is 0 Å². The second-order valence-corrected chi connectivity index (χ2v) is 6.02. The summed E-state index contributed by atoms with van der Waals surface area (Å²) < 4.78 is 9.43. The summed E-state index contributed by atoms with van der Waals surface area (Å²) in [5.74, 6) is -1.27. The monoisotopic (exact) mass is 382 g/mol. The van der Waals surface area contributed by atoms with Crippen molar-refractivity contribution in [3.63, 3.8) is 0 Å². The fourth-order valence-corrected chi connectivity index (χ4v) is 3.36. The van der Waals surface area contributed by atoms with Gasteiger partial charge in [0.15, 0.2) is 0 Å². The molecule has 4 nitrogen and oxygen atoms in total. The van der Waals surface area contributed by atoms with Gasteiger partial charge in [0.2, 0.25) is 0 Å². The molecular weight excluding hydrogens is 374 g/mol. The highest BCUT2D eigenvalue weighted by molar-refractivity contribution is 6.52. The van der Waals surface area contributed by atoms with Crippen LogP contribution in [0.25, 0.3) is 0 Å². The van der Waals surface area contributed by atoms with Crippen molar-refractivity contribution < 1.29 is 19.1 Å². The van der Waals surface area contributed by atoms with Crippen LogP contribution in [0.4, 0.5) is 0 Å². The van der Waals surface area contributed by atoms with Crippen molar-refractivity contribution in [3.05, 3.63) is 42.4 Å². The Balaban J connectivity index is 2.67. The molecule has 0 radical (unpaired) electrons. The van der Waals surface area contributed by atoms with Crippen LogP contribution in [0.1, 0.15) is 11.1 Å². The number of benzene rings is 1. The molecule has 0 N–H and O–H groups in total. The fourth-order valence-electron chi connectivity index (χ4n) is 2.30. The van der Waals surface area contributed by atoms with Gasteiger partial charge in [0, 0.05) is 12.8 Å². The van der Waals surface area contributed by atoms with Crippen LogP contribution < -0.4 is 0 Å². The molecule has 1 aliphatic carbocycles. The number of hydrogen-bond donors (Lipinski definition) is 0. The van der Waals surface area contributed by atoms with E-state index in [1.807, 2.05) is 0 Å². The van der Waals surface area contributed by atoms with Crippen LogP contribution in [-0.4, -0.2) is 26.2 Å². The summed E-state index contributed by atoms with van der Waals surface area (Å²) in [5.41, 5.74) is 1.43. The molecule has 1 aliphatic rings. The Morgan fingerprint density at radius 2 is 1.05 bits per heavy atom. The molecule has 0 atom stereocenters. The van der Waals surface area contributed by atoms with Crippen LogP contribution in [0.5, 0.6) is 0 Å². The highest BCUT2D eigenvalue weighted by atomic mass is 35.5. The number of carbonyl (C=O) groups is 2. The lowest BCUT2D eigenvalue weighted by molar-refractivity contribution is -0.139. The normalized spacial score (nSPS) is 13.7. The molecule has 0 saturated heterocycles. The van der Waals surface area contributed by atoms with Gasteiger partial charge in [0.1, 0.15) is 0 Å². The first kappa shape index (κ1) is 17.4. The van der Waals surface area contributed by atoms with Crippen molar-refractivity contribution in [1.82, 2.24) is 0 Å². The zero-order valence-electron chi connectivity index (χ0n) is 11.6. The maximum atomic E-state index is 11.9. The molecule has 1 aromatic rings. The first-order valence-electron chi connectivity index (χ1n) is 6.05. The number of hydrogen-bond acceptors (Lipinski definition) is 4. The zero-order valence-corrected chi connectivity index (χ0v) is 14.6. The lowest BCUT2D eigenvalue weighted by atomic mass is 9.85. The van der Waals surface area contributed by atoms with E-state index in [1.54, 1.807) is 0 Å². The third-order valence-corrected chi connectivity index (χ3v) is 5.29. The zero-order chi connectivity index (χ0) is 16.6. The van der Waals surface area contributed by atoms with Crippen molar-refractivity contribution in [2.45, 2.75) is 12.8 Å². The maximum absolute atomic E-state index is 11.9. The van der Waals surface area contributed by atoms with Gasteiger partial charge in [-0.1, -0.05) is 46.4 Å². The molecule has 0 spiro atoms. The van der Waals surface area contributed by atoms with Gasteiger partial charge < -0.3 is 9.47 Å². The average Bonchev–Trinajstić information content (AvgIpc) is 2.55. The van der Waals surface area contributed by atoms with Gasteiger partial charge in [-0.05, 0) is 11.1 Å². The Bertz CT molecular complexity index is 651. The van der Waals surface area contributed by atoms with E-state index >= 15 is 0 Å². The number of esters is 2. The topological polar surface area (TPSA) is 52.6 Å². The van der Waals surface area contributed by atoms with Crippen LogP contribution in [0.3, 0.4) is 0 Å². The third kappa shape index (κ3) is 2.81. The molecule has 0 bridgehead atoms. The number of fused-ring (bicyclic) bond motifs is 1. The summed E-state index contributed by atoms with van der Waals surface area (Å²) in [6.45, 7) is 0. The van der Waals surface area contributed by atoms with Crippen molar-refractivity contribution in [3.8, 4) is 0 Å². The van der Waals surface area contributed by atoms with Crippen LogP contribution in [0, 0.1) is 0 Å². The second kappa shape index (κ2) is 6.67. The van der Waals surface area contributed by atoms with E-state index in [1.165, 1.54) is 14.2 Å². The summed E-state index contributed by atoms with van der Waals surface area (Å²) in [6, 6.07) is 0. The fraction of sp³-hybridized carbons (Fsp3) is 0.286. The Labute approximate surface area is 146 Å². The number of rotatable bonds is 2. The molecule has 2 rings (SSSR count). The molecule has 0 amide bonds. The van der Waals surface area contributed by atoms with Crippen LogP contribution in [0.2, 0.25) is 20.1 Å². The highest BCUT2D eigenvalue weighted by Gasteiger charge is 2.32. The minimum absolute atomic E-state index is 0.0574. The van der Waals surface area contributed by atoms with Crippen molar-refractivity contribution in [2.75, 3.05) is 14.2 Å². The van der Waals surface area contributed by atoms with E-state index in [0.717, 1.165) is 0 Å². The van der Waals surface area contributed by atoms with Gasteiger partial charge in [-0.3, -0.25) is 0 Å². The average molecular weight is 384 g/mol. The number of halogens is 4. The first-order chi connectivity index (χ1) is 10.3. The molecule has 0 aromatic heterocycles. The smallest absolute Gasteiger partial charge is 0.334 e. The molecule has 118 valence electrons. The molecule has 0 heterocycles. The largest absolute Gasteiger partial charge is 0.466 e. The molecule has 0 aliphatic heterocycles. The standard InChI is InChI=1S/C14H10Cl4O4/c1-21-13(19)7-3-5-6(4-8(7)14(20)22-2)10(16)12(18)11(17)9(5)15/h3-4H2,1-2H3. The lowest BCUT2D eigenvalue weighted by Crippen LogP contribution is -2.23. The molecule has 0 saturated carbocycles. The van der Waals surface area contributed by atoms with E-state index in [4.69, 9.17) is 55.9 Å². The molecule has 0 unspecified atom stereocenters. The SMILES string of the molecule is COC(=O)C1=C(C(=O)OC)Cc2c(Cl)c(Cl)c(Cl)c(Cl)c2C1. The Morgan fingerprint density at radius 1 is 0.727 bits per heavy atom. The predicted molar refractivity (Wildman–Crippen MR) is 84.9 cm³/mol. The maximum Gasteiger partial charge on any atom is 0.334 e. The quantitative estimate of drug-likeness (QED) is 0.439. The first-order valence-corrected chi connectivity index (χ1v) is 7.56. The van der Waals surface area contributed by atoms with Gasteiger partial charge >= 0.3 is 11.9 Å². The van der Waals surface area contributed by atoms with E-state index in [0.29, 0.717) is 11.1 Å². The second-order valence-electron chi connectivity index (χ2n) is 4.51. The number of carbonyl (C=O) groups excluding carboxylic acids is 2. The summed E-state index contributed by atoms with van der Waals surface area (Å²) in [5, 5.41) is 0.628. The van der Waals surface area contributed by atoms with Crippen molar-refractivity contribution >= 4 is 58.3 Å². The minimum Gasteiger partial charge on any atom is -0.466 e. The Morgan fingerprint density at radius 3 is 1.32 bits per heavy atom. The highest BCUT2D eigenvalue weighted by Crippen LogP contribution is 2.45. The summed E-state index contributed by atoms with van der Waals surface area (Å²) in [6.07, 6.45) is 0.115. The third-order valence-electron chi connectivity index (χ3n) is 3.41. The van der Waals surface area contributed by atoms with Gasteiger partial charge in [0.25, 0.3) is 0 Å². The van der Waals surface area contributed by atoms with Crippen LogP contribution in [-0.2, 0) is 31.9 Å². The van der Waals surface area contributed by atoms with E-state index in [-0.39, 0.29) is 44.1 Å². The van der Waals surface area contributed by atoms with Gasteiger partial charge in [-0.25, -0.2) is 9.59 Å². The van der Waals surface area contributed by atoms with Gasteiger partial charge in [-0.2, -0.15) is 0 Å². The predicted octanol–water partition coefficient (Wildman–Crippen LogP) is 4.04. The summed E-state index contributed by atoms with van der Waals surface area (Å²) in [4.78, 5) is 23.9. The van der Waals surface area contributed by atoms with E-state index < -0.39 is 11.9 Å². The molecule has 22 heavy (non-hydrogen) atoms. The number of methoxy groups -OCH3 is 2. The van der Waals surface area contributed by atoms with E-state index in [9.17, 15) is 9.59 Å². The van der Waals surface area contributed by atoms with E-state index in [2.05, 4.69) is 0 Å². The van der Waals surface area contributed by atoms with Crippen LogP contribution >= 0.6 is 46.4 Å². The summed E-state index contributed by atoms with van der Waals surface area (Å²) >= 11 is 24.5. The van der Waals surface area contributed by atoms with Crippen molar-refractivity contribution in [2.24, 2.45) is 0 Å². The Kier molecular flexibility index (Phi) is 5.28. The lowest BCUT2D eigenvalue weighted by Gasteiger charge is -2.23. The number of ether oxygens (including phenoxy) is 2. The molecule has 1 aromatic carbocycles. The molecular formula is C14H10Cl4O4. The van der Waals surface area contributed by atoms with Crippen LogP contribution in [0.15, 0.2) is 11.1 Å². The molecule has 0 fully saturated rings. The summed E-state index contributed by atoms with van der Waals surface area (Å²) in [7, 11) is 2.45. The minimum atomic E-state index is -0.635. The van der Waals surface area contributed by atoms with Gasteiger partial charge in [0.05, 0.1) is 45.5 Å². The molecule has 8 heteroatoms. The van der Waals surface area contributed by atoms with Gasteiger partial charge in [-0.15, -0.1) is 0 Å².